The molecular formula is C30H23F4N5O4. The van der Waals surface area contributed by atoms with Crippen molar-refractivity contribution in [2.75, 3.05) is 17.2 Å². The van der Waals surface area contributed by atoms with E-state index in [1.807, 2.05) is 0 Å². The van der Waals surface area contributed by atoms with Crippen LogP contribution in [0.2, 0.25) is 0 Å². The molecule has 0 unspecified atom stereocenters. The van der Waals surface area contributed by atoms with Gasteiger partial charge >= 0.3 is 6.61 Å². The van der Waals surface area contributed by atoms with Gasteiger partial charge in [0.25, 0.3) is 0 Å². The van der Waals surface area contributed by atoms with Crippen LogP contribution in [0.3, 0.4) is 0 Å². The number of aryl methyl sites for hydroxylation is 1. The molecule has 0 aliphatic carbocycles. The summed E-state index contributed by atoms with van der Waals surface area (Å²) in [5.41, 5.74) is 7.14. The van der Waals surface area contributed by atoms with Gasteiger partial charge in [0.1, 0.15) is 17.3 Å². The van der Waals surface area contributed by atoms with Crippen LogP contribution in [0.1, 0.15) is 34.5 Å². The molecule has 0 bridgehead atoms. The number of ether oxygens (including phenoxy) is 2. The molecule has 1 saturated heterocycles. The molecular weight excluding hydrogens is 570 g/mol. The third kappa shape index (κ3) is 5.13. The predicted octanol–water partition coefficient (Wildman–Crippen LogP) is 6.27. The van der Waals surface area contributed by atoms with Gasteiger partial charge in [-0.05, 0) is 55.3 Å². The normalized spacial score (nSPS) is 13.3. The van der Waals surface area contributed by atoms with E-state index in [1.54, 1.807) is 13.0 Å². The minimum absolute atomic E-state index is 0.0391. The van der Waals surface area contributed by atoms with E-state index < -0.39 is 24.0 Å². The number of ketones is 1. The van der Waals surface area contributed by atoms with Crippen molar-refractivity contribution in [1.29, 1.82) is 0 Å². The monoisotopic (exact) mass is 593 g/mol. The third-order valence-electron chi connectivity index (χ3n) is 7.08. The van der Waals surface area contributed by atoms with Crippen LogP contribution in [0.5, 0.6) is 17.2 Å². The number of benzene rings is 3. The van der Waals surface area contributed by atoms with Crippen LogP contribution in [0.25, 0.3) is 16.6 Å². The first-order valence-electron chi connectivity index (χ1n) is 13.1. The van der Waals surface area contributed by atoms with Crippen molar-refractivity contribution in [2.24, 2.45) is 0 Å². The molecule has 3 aromatic carbocycles. The fourth-order valence-electron chi connectivity index (χ4n) is 5.12. The summed E-state index contributed by atoms with van der Waals surface area (Å²) in [6.45, 7) is -1.20. The number of H-pyrrole nitrogens is 1. The van der Waals surface area contributed by atoms with E-state index in [2.05, 4.69) is 14.8 Å². The molecule has 5 aromatic rings. The summed E-state index contributed by atoms with van der Waals surface area (Å²) >= 11 is 0. The summed E-state index contributed by atoms with van der Waals surface area (Å²) < 4.78 is 66.9. The quantitative estimate of drug-likeness (QED) is 0.162. The van der Waals surface area contributed by atoms with E-state index in [4.69, 9.17) is 10.5 Å². The minimum atomic E-state index is -3.12. The first-order chi connectivity index (χ1) is 20.6. The highest BCUT2D eigenvalue weighted by atomic mass is 19.3. The Morgan fingerprint density at radius 1 is 1.07 bits per heavy atom. The number of carbonyl (C=O) groups is 2. The predicted molar refractivity (Wildman–Crippen MR) is 149 cm³/mol. The van der Waals surface area contributed by atoms with Gasteiger partial charge in [0.15, 0.2) is 23.1 Å². The zero-order valence-electron chi connectivity index (χ0n) is 22.5. The van der Waals surface area contributed by atoms with E-state index in [1.165, 1.54) is 53.6 Å². The number of nitrogens with two attached hydrogens (primary N) is 1. The van der Waals surface area contributed by atoms with Gasteiger partial charge in [-0.15, -0.1) is 0 Å². The number of nitrogen functional groups attached to an aromatic ring is 1. The van der Waals surface area contributed by atoms with Gasteiger partial charge in [0.2, 0.25) is 11.7 Å². The SMILES string of the molecule is Cc1cc(Oc2ccccc2F)cc(F)c1-n1ncc(C(=O)c2cc3cc(OC(F)F)c(N4CCCC4=O)cc3[nH]2)c1N. The van der Waals surface area contributed by atoms with Crippen molar-refractivity contribution in [3.8, 4) is 22.9 Å². The van der Waals surface area contributed by atoms with Gasteiger partial charge in [-0.25, -0.2) is 13.5 Å². The molecule has 220 valence electrons. The summed E-state index contributed by atoms with van der Waals surface area (Å²) in [4.78, 5) is 30.1. The molecule has 1 fully saturated rings. The zero-order valence-corrected chi connectivity index (χ0v) is 22.5. The number of nitrogens with zero attached hydrogens (tertiary/aromatic N) is 3. The van der Waals surface area contributed by atoms with Crippen LogP contribution in [0.4, 0.5) is 29.1 Å². The van der Waals surface area contributed by atoms with Crippen LogP contribution in [0.15, 0.2) is 60.8 Å². The number of alkyl halides is 2. The fourth-order valence-corrected chi connectivity index (χ4v) is 5.12. The maximum Gasteiger partial charge on any atom is 0.387 e. The van der Waals surface area contributed by atoms with E-state index in [-0.39, 0.29) is 58.0 Å². The highest BCUT2D eigenvalue weighted by Crippen LogP contribution is 2.37. The third-order valence-corrected chi connectivity index (χ3v) is 7.08. The highest BCUT2D eigenvalue weighted by molar-refractivity contribution is 6.13. The van der Waals surface area contributed by atoms with E-state index >= 15 is 4.39 Å². The lowest BCUT2D eigenvalue weighted by atomic mass is 10.1. The second kappa shape index (κ2) is 10.8. The lowest BCUT2D eigenvalue weighted by Crippen LogP contribution is -2.24. The summed E-state index contributed by atoms with van der Waals surface area (Å²) in [7, 11) is 0. The number of fused-ring (bicyclic) bond motifs is 1. The van der Waals surface area contributed by atoms with Crippen molar-refractivity contribution in [1.82, 2.24) is 14.8 Å². The van der Waals surface area contributed by atoms with Crippen LogP contribution in [-0.4, -0.2) is 39.6 Å². The van der Waals surface area contributed by atoms with Crippen LogP contribution < -0.4 is 20.1 Å². The standard InChI is InChI=1S/C30H23F4N5O4/c1-15-9-17(42-24-6-3-2-5-19(24)31)12-20(32)27(15)39-29(35)18(14-36-39)28(41)22-10-16-11-25(43-30(33)34)23(13-21(16)37-22)38-8-4-7-26(38)40/h2-3,5-6,9-14,30,37H,4,7-8,35H2,1H3. The largest absolute Gasteiger partial charge is 0.454 e. The average Bonchev–Trinajstić information content (AvgIpc) is 3.67. The van der Waals surface area contributed by atoms with E-state index in [9.17, 15) is 22.8 Å². The number of rotatable bonds is 8. The number of halogens is 4. The molecule has 0 saturated carbocycles. The fraction of sp³-hybridized carbons (Fsp3) is 0.167. The Morgan fingerprint density at radius 3 is 2.56 bits per heavy atom. The van der Waals surface area contributed by atoms with Gasteiger partial charge in [0, 0.05) is 29.9 Å². The van der Waals surface area contributed by atoms with Gasteiger partial charge in [-0.1, -0.05) is 12.1 Å². The van der Waals surface area contributed by atoms with Crippen molar-refractivity contribution < 1.29 is 36.6 Å². The molecule has 1 aliphatic rings. The van der Waals surface area contributed by atoms with Crippen LogP contribution in [-0.2, 0) is 4.79 Å². The van der Waals surface area contributed by atoms with Crippen molar-refractivity contribution in [3.05, 3.63) is 89.2 Å². The minimum Gasteiger partial charge on any atom is -0.454 e. The number of hydrogen-bond acceptors (Lipinski definition) is 6. The molecule has 1 amide bonds. The van der Waals surface area contributed by atoms with Crippen molar-refractivity contribution in [2.45, 2.75) is 26.4 Å². The Kier molecular flexibility index (Phi) is 7.00. The molecule has 1 aliphatic heterocycles. The highest BCUT2D eigenvalue weighted by Gasteiger charge is 2.28. The molecule has 2 aromatic heterocycles. The first-order valence-corrected chi connectivity index (χ1v) is 13.1. The van der Waals surface area contributed by atoms with Crippen molar-refractivity contribution >= 4 is 34.1 Å². The zero-order chi connectivity index (χ0) is 30.4. The number of amides is 1. The van der Waals surface area contributed by atoms with E-state index in [0.29, 0.717) is 29.4 Å². The Bertz CT molecular complexity index is 1880. The summed E-state index contributed by atoms with van der Waals surface area (Å²) in [5, 5.41) is 4.51. The number of nitrogens with one attached hydrogen (secondary N) is 1. The Labute approximate surface area is 241 Å². The van der Waals surface area contributed by atoms with Gasteiger partial charge in [0.05, 0.1) is 23.1 Å². The molecule has 3 heterocycles. The number of anilines is 2. The van der Waals surface area contributed by atoms with Gasteiger partial charge < -0.3 is 25.1 Å². The second-order valence-electron chi connectivity index (χ2n) is 9.91. The maximum absolute atomic E-state index is 15.3. The number of para-hydroxylation sites is 1. The lowest BCUT2D eigenvalue weighted by molar-refractivity contribution is -0.117. The number of hydrogen-bond donors (Lipinski definition) is 2. The first kappa shape index (κ1) is 27.8. The number of aromatic nitrogens is 3. The van der Waals surface area contributed by atoms with Crippen LogP contribution in [0, 0.1) is 18.6 Å². The number of aromatic amines is 1. The summed E-state index contributed by atoms with van der Waals surface area (Å²) in [5.74, 6) is -2.58. The van der Waals surface area contributed by atoms with Gasteiger partial charge in [-0.3, -0.25) is 9.59 Å². The molecule has 6 rings (SSSR count). The molecule has 0 radical (unpaired) electrons. The molecule has 0 atom stereocenters. The van der Waals surface area contributed by atoms with Gasteiger partial charge in [-0.2, -0.15) is 13.9 Å². The Balaban J connectivity index is 1.32. The molecule has 3 N–H and O–H groups in total. The summed E-state index contributed by atoms with van der Waals surface area (Å²) in [6, 6.07) is 12.5. The second-order valence-corrected chi connectivity index (χ2v) is 9.91. The smallest absolute Gasteiger partial charge is 0.387 e. The van der Waals surface area contributed by atoms with E-state index in [0.717, 1.165) is 10.7 Å². The molecule has 9 nitrogen and oxygen atoms in total. The lowest BCUT2D eigenvalue weighted by Gasteiger charge is -2.19. The Hall–Kier alpha value is -5.33. The maximum atomic E-state index is 15.3. The summed E-state index contributed by atoms with van der Waals surface area (Å²) in [6.07, 6.45) is 2.04. The van der Waals surface area contributed by atoms with Crippen molar-refractivity contribution in [3.63, 3.8) is 0 Å². The Morgan fingerprint density at radius 2 is 1.86 bits per heavy atom. The topological polar surface area (TPSA) is 115 Å². The van der Waals surface area contributed by atoms with Crippen LogP contribution >= 0.6 is 0 Å². The molecule has 13 heteroatoms. The molecule has 0 spiro atoms. The average molecular weight is 594 g/mol. The number of carbonyl (C=O) groups excluding carboxylic acids is 2. The molecule has 43 heavy (non-hydrogen) atoms.